The van der Waals surface area contributed by atoms with Crippen LogP contribution in [0.4, 0.5) is 0 Å². The van der Waals surface area contributed by atoms with Crippen LogP contribution in [0.1, 0.15) is 0 Å². The van der Waals surface area contributed by atoms with E-state index in [0.717, 1.165) is 0 Å². The second-order valence-electron chi connectivity index (χ2n) is 4.66. The van der Waals surface area contributed by atoms with E-state index in [1.165, 1.54) is 0 Å². The average Bonchev–Trinajstić information content (AvgIpc) is 2.93. The Kier molecular flexibility index (Phi) is 2.77. The minimum Gasteiger partial charge on any atom is -0.392 e. The summed E-state index contributed by atoms with van der Waals surface area (Å²) in [6.07, 6.45) is 6.82. The molecule has 2 unspecified atom stereocenters. The predicted molar refractivity (Wildman–Crippen MR) is 66.5 cm³/mol. The van der Waals surface area contributed by atoms with E-state index < -0.39 is 12.2 Å². The zero-order valence-electron chi connectivity index (χ0n) is 9.66. The van der Waals surface area contributed by atoms with Crippen molar-refractivity contribution in [3.8, 4) is 0 Å². The number of rotatable bonds is 2. The summed E-state index contributed by atoms with van der Waals surface area (Å²) >= 11 is 0. The Morgan fingerprint density at radius 1 is 1.28 bits per heavy atom. The Hall–Kier alpha value is -1.50. The van der Waals surface area contributed by atoms with E-state index in [4.69, 9.17) is 5.11 Å². The summed E-state index contributed by atoms with van der Waals surface area (Å²) in [5, 5.41) is 28.9. The molecule has 18 heavy (non-hydrogen) atoms. The van der Waals surface area contributed by atoms with Crippen LogP contribution >= 0.6 is 0 Å². The maximum atomic E-state index is 10.0. The molecule has 0 saturated heterocycles. The van der Waals surface area contributed by atoms with Crippen molar-refractivity contribution in [3.63, 3.8) is 0 Å². The molecule has 6 nitrogen and oxygen atoms in total. The first-order valence-corrected chi connectivity index (χ1v) is 5.90. The van der Waals surface area contributed by atoms with Gasteiger partial charge < -0.3 is 20.2 Å². The first-order valence-electron chi connectivity index (χ1n) is 5.90. The van der Waals surface area contributed by atoms with E-state index in [-0.39, 0.29) is 24.7 Å². The number of aliphatic hydroxyl groups is 3. The van der Waals surface area contributed by atoms with E-state index in [1.807, 2.05) is 11.0 Å². The lowest BCUT2D eigenvalue weighted by Gasteiger charge is -2.32. The largest absolute Gasteiger partial charge is 0.392 e. The Morgan fingerprint density at radius 3 is 2.83 bits per heavy atom. The molecule has 96 valence electrons. The van der Waals surface area contributed by atoms with Crippen LogP contribution in [0.25, 0.3) is 0 Å². The minimum absolute atomic E-state index is 0.0173. The van der Waals surface area contributed by atoms with Gasteiger partial charge in [0.2, 0.25) is 0 Å². The molecule has 3 rings (SSSR count). The van der Waals surface area contributed by atoms with Crippen LogP contribution < -0.4 is 0 Å². The van der Waals surface area contributed by atoms with Crippen molar-refractivity contribution in [2.45, 2.75) is 30.3 Å². The highest BCUT2D eigenvalue weighted by molar-refractivity contribution is 5.76. The molecule has 3 N–H and O–H groups in total. The standard InChI is InChI=1S/C12H15N3O3/c16-5-7-3-10(12(18)11(7)17)15-6-14-8-4-13-2-1-9(8)15/h1-4,6,8-12,16-18H,5H2/t8?,9?,10-,11-,12+/m0/s1. The third-order valence-electron chi connectivity index (χ3n) is 3.64. The first-order chi connectivity index (χ1) is 8.72. The Labute approximate surface area is 104 Å². The molecular formula is C12H15N3O3. The summed E-state index contributed by atoms with van der Waals surface area (Å²) in [5.41, 5.74) is 0.456. The van der Waals surface area contributed by atoms with Gasteiger partial charge in [0, 0.05) is 12.4 Å². The molecule has 2 aliphatic heterocycles. The van der Waals surface area contributed by atoms with Crippen LogP contribution in [0, 0.1) is 0 Å². The molecule has 5 atom stereocenters. The highest BCUT2D eigenvalue weighted by atomic mass is 16.3. The maximum absolute atomic E-state index is 10.0. The lowest BCUT2D eigenvalue weighted by atomic mass is 10.0. The second-order valence-corrected chi connectivity index (χ2v) is 4.66. The van der Waals surface area contributed by atoms with Crippen LogP contribution in [-0.2, 0) is 0 Å². The van der Waals surface area contributed by atoms with Crippen molar-refractivity contribution in [1.29, 1.82) is 0 Å². The number of fused-ring (bicyclic) bond motifs is 1. The van der Waals surface area contributed by atoms with Gasteiger partial charge in [-0.15, -0.1) is 0 Å². The van der Waals surface area contributed by atoms with Crippen LogP contribution in [-0.4, -0.2) is 69.7 Å². The highest BCUT2D eigenvalue weighted by Gasteiger charge is 2.42. The summed E-state index contributed by atoms with van der Waals surface area (Å²) in [4.78, 5) is 10.2. The van der Waals surface area contributed by atoms with Gasteiger partial charge in [-0.3, -0.25) is 9.98 Å². The first kappa shape index (κ1) is 11.6. The van der Waals surface area contributed by atoms with Gasteiger partial charge in [0.25, 0.3) is 0 Å². The maximum Gasteiger partial charge on any atom is 0.111 e. The predicted octanol–water partition coefficient (Wildman–Crippen LogP) is -1.31. The van der Waals surface area contributed by atoms with Gasteiger partial charge >= 0.3 is 0 Å². The van der Waals surface area contributed by atoms with Crippen LogP contribution in [0.15, 0.2) is 33.9 Å². The van der Waals surface area contributed by atoms with Gasteiger partial charge in [-0.25, -0.2) is 0 Å². The zero-order valence-corrected chi connectivity index (χ0v) is 9.66. The molecule has 0 spiro atoms. The summed E-state index contributed by atoms with van der Waals surface area (Å²) < 4.78 is 0. The number of aliphatic imine (C=N–C) groups is 2. The Balaban J connectivity index is 1.84. The normalized spacial score (nSPS) is 41.4. The molecular weight excluding hydrogens is 234 g/mol. The SMILES string of the molecule is OCC1=C[C@H](N2C=NC3C=NC=CC32)[C@@H](O)[C@H]1O. The monoisotopic (exact) mass is 249 g/mol. The van der Waals surface area contributed by atoms with E-state index >= 15 is 0 Å². The Morgan fingerprint density at radius 2 is 2.11 bits per heavy atom. The molecule has 0 amide bonds. The van der Waals surface area contributed by atoms with Crippen molar-refractivity contribution in [2.24, 2.45) is 9.98 Å². The third-order valence-corrected chi connectivity index (χ3v) is 3.64. The molecule has 0 radical (unpaired) electrons. The third kappa shape index (κ3) is 1.61. The van der Waals surface area contributed by atoms with Crippen molar-refractivity contribution in [3.05, 3.63) is 23.9 Å². The molecule has 0 saturated carbocycles. The minimum atomic E-state index is -1.01. The molecule has 2 heterocycles. The quantitative estimate of drug-likeness (QED) is 0.530. The summed E-state index contributed by atoms with van der Waals surface area (Å²) in [6, 6.07) is -0.383. The van der Waals surface area contributed by atoms with Crippen LogP contribution in [0.3, 0.4) is 0 Å². The van der Waals surface area contributed by atoms with E-state index in [0.29, 0.717) is 5.57 Å². The number of nitrogens with zero attached hydrogens (tertiary/aromatic N) is 3. The van der Waals surface area contributed by atoms with E-state index in [2.05, 4.69) is 9.98 Å². The summed E-state index contributed by atoms with van der Waals surface area (Å²) in [6.45, 7) is -0.245. The van der Waals surface area contributed by atoms with Gasteiger partial charge in [-0.05, 0) is 11.6 Å². The van der Waals surface area contributed by atoms with Crippen LogP contribution in [0.2, 0.25) is 0 Å². The van der Waals surface area contributed by atoms with Gasteiger partial charge in [0.15, 0.2) is 0 Å². The molecule has 0 bridgehead atoms. The molecule has 0 aromatic rings. The summed E-state index contributed by atoms with van der Waals surface area (Å²) in [7, 11) is 0. The topological polar surface area (TPSA) is 88.7 Å². The van der Waals surface area contributed by atoms with Crippen molar-refractivity contribution in [1.82, 2.24) is 4.90 Å². The molecule has 0 aromatic carbocycles. The van der Waals surface area contributed by atoms with Crippen molar-refractivity contribution < 1.29 is 15.3 Å². The molecule has 0 fully saturated rings. The van der Waals surface area contributed by atoms with E-state index in [1.54, 1.807) is 24.8 Å². The van der Waals surface area contributed by atoms with Gasteiger partial charge in [0.1, 0.15) is 18.2 Å². The summed E-state index contributed by atoms with van der Waals surface area (Å²) in [5.74, 6) is 0. The number of aliphatic hydroxyl groups excluding tert-OH is 3. The fraction of sp³-hybridized carbons (Fsp3) is 0.500. The molecule has 0 aromatic heterocycles. The fourth-order valence-electron chi connectivity index (χ4n) is 2.62. The lowest BCUT2D eigenvalue weighted by Crippen LogP contribution is -2.48. The average molecular weight is 249 g/mol. The van der Waals surface area contributed by atoms with Crippen LogP contribution in [0.5, 0.6) is 0 Å². The van der Waals surface area contributed by atoms with Crippen molar-refractivity contribution in [2.75, 3.05) is 6.61 Å². The molecule has 1 aliphatic carbocycles. The van der Waals surface area contributed by atoms with Gasteiger partial charge in [-0.1, -0.05) is 6.08 Å². The second kappa shape index (κ2) is 4.31. The number of hydrogen-bond acceptors (Lipinski definition) is 6. The molecule has 6 heteroatoms. The molecule has 3 aliphatic rings. The smallest absolute Gasteiger partial charge is 0.111 e. The number of hydrogen-bond donors (Lipinski definition) is 3. The van der Waals surface area contributed by atoms with Gasteiger partial charge in [0.05, 0.1) is 25.0 Å². The Bertz CT molecular complexity index is 457. The van der Waals surface area contributed by atoms with Crippen molar-refractivity contribution >= 4 is 12.6 Å². The fourth-order valence-corrected chi connectivity index (χ4v) is 2.62. The van der Waals surface area contributed by atoms with Gasteiger partial charge in [-0.2, -0.15) is 0 Å². The van der Waals surface area contributed by atoms with E-state index in [9.17, 15) is 10.2 Å². The highest BCUT2D eigenvalue weighted by Crippen LogP contribution is 2.28. The zero-order chi connectivity index (χ0) is 12.7. The lowest BCUT2D eigenvalue weighted by molar-refractivity contribution is 0.0168.